The van der Waals surface area contributed by atoms with E-state index >= 15 is 4.39 Å². The van der Waals surface area contributed by atoms with Gasteiger partial charge in [-0.1, -0.05) is 18.2 Å². The summed E-state index contributed by atoms with van der Waals surface area (Å²) in [6.45, 7) is 8.32. The highest BCUT2D eigenvalue weighted by atomic mass is 19.1. The van der Waals surface area contributed by atoms with Crippen molar-refractivity contribution in [3.63, 3.8) is 0 Å². The van der Waals surface area contributed by atoms with Gasteiger partial charge in [-0.15, -0.1) is 0 Å². The SMILES string of the molecule is CN1CCC[C@H]1COc1nc(N2CC3CCC(C2)N3C(=O)OC(C)(C)C)c2cnc(-c3cccc4c3C3(CC4)CC3)c(F)c2n1. The van der Waals surface area contributed by atoms with Crippen molar-refractivity contribution < 1.29 is 18.7 Å². The molecule has 3 atom stereocenters. The number of carbonyl (C=O) groups excluding carboxylic acids is 1. The van der Waals surface area contributed by atoms with Crippen molar-refractivity contribution in [3.8, 4) is 17.3 Å². The Bertz CT molecular complexity index is 1660. The number of carbonyl (C=O) groups is 1. The third-order valence-corrected chi connectivity index (χ3v) is 10.8. The third-order valence-electron chi connectivity index (χ3n) is 10.8. The van der Waals surface area contributed by atoms with Crippen LogP contribution in [0.15, 0.2) is 24.4 Å². The van der Waals surface area contributed by atoms with Crippen molar-refractivity contribution in [3.05, 3.63) is 41.3 Å². The number of anilines is 1. The predicted molar refractivity (Wildman–Crippen MR) is 170 cm³/mol. The summed E-state index contributed by atoms with van der Waals surface area (Å²) < 4.78 is 28.8. The van der Waals surface area contributed by atoms with Gasteiger partial charge in [0.05, 0.1) is 17.5 Å². The maximum atomic E-state index is 16.8. The number of hydrogen-bond acceptors (Lipinski definition) is 8. The zero-order valence-corrected chi connectivity index (χ0v) is 26.8. The Balaban J connectivity index is 1.18. The Kier molecular flexibility index (Phi) is 6.75. The number of aromatic nitrogens is 3. The lowest BCUT2D eigenvalue weighted by atomic mass is 9.91. The first-order chi connectivity index (χ1) is 21.6. The van der Waals surface area contributed by atoms with Gasteiger partial charge in [0, 0.05) is 30.9 Å². The molecule has 5 aliphatic rings. The van der Waals surface area contributed by atoms with Gasteiger partial charge < -0.3 is 19.3 Å². The van der Waals surface area contributed by atoms with E-state index in [0.29, 0.717) is 36.6 Å². The highest BCUT2D eigenvalue weighted by molar-refractivity contribution is 5.92. The van der Waals surface area contributed by atoms with Crippen molar-refractivity contribution in [2.24, 2.45) is 0 Å². The van der Waals surface area contributed by atoms with Crippen LogP contribution in [0.25, 0.3) is 22.2 Å². The number of piperazine rings is 1. The van der Waals surface area contributed by atoms with E-state index in [9.17, 15) is 4.79 Å². The van der Waals surface area contributed by atoms with E-state index in [4.69, 9.17) is 24.4 Å². The fourth-order valence-corrected chi connectivity index (χ4v) is 8.35. The summed E-state index contributed by atoms with van der Waals surface area (Å²) in [5.41, 5.74) is 3.70. The van der Waals surface area contributed by atoms with Crippen LogP contribution in [-0.4, -0.2) is 87.9 Å². The number of likely N-dealkylation sites (tertiary alicyclic amines) is 1. The minimum absolute atomic E-state index is 0.0150. The molecule has 2 bridgehead atoms. The number of nitrogens with zero attached hydrogens (tertiary/aromatic N) is 6. The van der Waals surface area contributed by atoms with Gasteiger partial charge in [0.25, 0.3) is 0 Å². The largest absolute Gasteiger partial charge is 0.462 e. The van der Waals surface area contributed by atoms with Crippen molar-refractivity contribution in [1.82, 2.24) is 24.8 Å². The minimum atomic E-state index is -0.560. The number of aryl methyl sites for hydroxylation is 1. The van der Waals surface area contributed by atoms with Crippen molar-refractivity contribution in [2.45, 2.75) is 101 Å². The molecule has 45 heavy (non-hydrogen) atoms. The number of likely N-dealkylation sites (N-methyl/N-ethyl adjacent to an activating group) is 1. The van der Waals surface area contributed by atoms with Gasteiger partial charge in [0.15, 0.2) is 5.82 Å². The topological polar surface area (TPSA) is 83.9 Å². The van der Waals surface area contributed by atoms with Gasteiger partial charge in [-0.3, -0.25) is 9.88 Å². The van der Waals surface area contributed by atoms with Crippen LogP contribution < -0.4 is 9.64 Å². The van der Waals surface area contributed by atoms with Crippen LogP contribution in [0.4, 0.5) is 15.0 Å². The number of rotatable bonds is 5. The van der Waals surface area contributed by atoms with E-state index in [0.717, 1.165) is 63.5 Å². The second-order valence-corrected chi connectivity index (χ2v) is 14.9. The standard InChI is InChI=1S/C35H43FN6O3/c1-34(2,3)45-33(43)42-22-10-11-23(42)19-41(18-22)31-26-17-37-29(25-9-5-7-21-12-13-35(14-15-35)27(21)25)28(36)30(26)38-32(39-31)44-20-24-8-6-16-40(24)4/h5,7,9,17,22-24H,6,8,10-16,18-20H2,1-4H3/t22?,23?,24-/m0/s1. The van der Waals surface area contributed by atoms with Gasteiger partial charge in [0.2, 0.25) is 0 Å². The molecule has 0 N–H and O–H groups in total. The van der Waals surface area contributed by atoms with Crippen LogP contribution in [0.1, 0.15) is 76.8 Å². The van der Waals surface area contributed by atoms with Crippen LogP contribution in [-0.2, 0) is 16.6 Å². The summed E-state index contributed by atoms with van der Waals surface area (Å²) in [6.07, 6.45) is 9.91. The second-order valence-electron chi connectivity index (χ2n) is 14.9. The highest BCUT2D eigenvalue weighted by Crippen LogP contribution is 2.59. The number of amides is 1. The molecule has 3 saturated heterocycles. The molecular formula is C35H43FN6O3. The number of halogens is 1. The molecule has 3 aliphatic heterocycles. The molecular weight excluding hydrogens is 571 g/mol. The van der Waals surface area contributed by atoms with Crippen molar-refractivity contribution in [1.29, 1.82) is 0 Å². The molecule has 0 radical (unpaired) electrons. The summed E-state index contributed by atoms with van der Waals surface area (Å²) in [5.74, 6) is 0.191. The van der Waals surface area contributed by atoms with Crippen LogP contribution >= 0.6 is 0 Å². The molecule has 2 unspecified atom stereocenters. The molecule has 8 rings (SSSR count). The molecule has 238 valence electrons. The average molecular weight is 615 g/mol. The molecule has 1 spiro atoms. The number of hydrogen-bond donors (Lipinski definition) is 0. The molecule has 3 aromatic rings. The molecule has 2 aromatic heterocycles. The Morgan fingerprint density at radius 3 is 2.56 bits per heavy atom. The minimum Gasteiger partial charge on any atom is -0.462 e. The van der Waals surface area contributed by atoms with E-state index in [2.05, 4.69) is 22.9 Å². The second kappa shape index (κ2) is 10.5. The third kappa shape index (κ3) is 5.00. The van der Waals surface area contributed by atoms with Crippen LogP contribution in [0.5, 0.6) is 6.01 Å². The fourth-order valence-electron chi connectivity index (χ4n) is 8.35. The van der Waals surface area contributed by atoms with Crippen LogP contribution in [0.2, 0.25) is 0 Å². The summed E-state index contributed by atoms with van der Waals surface area (Å²) >= 11 is 0. The van der Waals surface area contributed by atoms with Gasteiger partial charge >= 0.3 is 12.1 Å². The molecule has 1 amide bonds. The van der Waals surface area contributed by atoms with Gasteiger partial charge in [-0.25, -0.2) is 9.18 Å². The van der Waals surface area contributed by atoms with E-state index in [1.165, 1.54) is 11.1 Å². The van der Waals surface area contributed by atoms with Crippen molar-refractivity contribution >= 4 is 22.8 Å². The van der Waals surface area contributed by atoms with E-state index in [-0.39, 0.29) is 41.2 Å². The summed E-state index contributed by atoms with van der Waals surface area (Å²) in [7, 11) is 2.11. The summed E-state index contributed by atoms with van der Waals surface area (Å²) in [4.78, 5) is 33.9. The monoisotopic (exact) mass is 614 g/mol. The molecule has 2 aliphatic carbocycles. The highest BCUT2D eigenvalue weighted by Gasteiger charge is 2.50. The normalized spacial score (nSPS) is 25.3. The molecule has 1 saturated carbocycles. The Hall–Kier alpha value is -3.53. The molecule has 10 heteroatoms. The average Bonchev–Trinajstić information content (AvgIpc) is 3.40. The fraction of sp³-hybridized carbons (Fsp3) is 0.600. The number of benzene rings is 1. The Morgan fingerprint density at radius 2 is 1.87 bits per heavy atom. The van der Waals surface area contributed by atoms with Crippen molar-refractivity contribution in [2.75, 3.05) is 38.2 Å². The van der Waals surface area contributed by atoms with Crippen LogP contribution in [0.3, 0.4) is 0 Å². The summed E-state index contributed by atoms with van der Waals surface area (Å²) in [5, 5.41) is 0.570. The van der Waals surface area contributed by atoms with Gasteiger partial charge in [-0.2, -0.15) is 9.97 Å². The number of ether oxygens (including phenoxy) is 2. The van der Waals surface area contributed by atoms with E-state index < -0.39 is 11.4 Å². The lowest BCUT2D eigenvalue weighted by Crippen LogP contribution is -2.57. The maximum Gasteiger partial charge on any atom is 0.410 e. The maximum absolute atomic E-state index is 16.8. The Labute approximate surface area is 264 Å². The number of pyridine rings is 1. The first-order valence-electron chi connectivity index (χ1n) is 16.7. The van der Waals surface area contributed by atoms with E-state index in [1.807, 2.05) is 37.8 Å². The van der Waals surface area contributed by atoms with Crippen LogP contribution in [0, 0.1) is 5.82 Å². The molecule has 4 fully saturated rings. The molecule has 9 nitrogen and oxygen atoms in total. The first kappa shape index (κ1) is 28.9. The lowest BCUT2D eigenvalue weighted by molar-refractivity contribution is 0.0122. The van der Waals surface area contributed by atoms with Gasteiger partial charge in [-0.05, 0) is 102 Å². The lowest BCUT2D eigenvalue weighted by Gasteiger charge is -2.42. The quantitative estimate of drug-likeness (QED) is 0.353. The van der Waals surface area contributed by atoms with Gasteiger partial charge in [0.1, 0.15) is 29.2 Å². The summed E-state index contributed by atoms with van der Waals surface area (Å²) in [6, 6.07) is 6.66. The Morgan fingerprint density at radius 1 is 1.09 bits per heavy atom. The first-order valence-corrected chi connectivity index (χ1v) is 16.7. The number of fused-ring (bicyclic) bond motifs is 5. The zero-order chi connectivity index (χ0) is 31.1. The van der Waals surface area contributed by atoms with E-state index in [1.54, 1.807) is 6.20 Å². The molecule has 5 heterocycles. The smallest absolute Gasteiger partial charge is 0.410 e. The predicted octanol–water partition coefficient (Wildman–Crippen LogP) is 5.87. The molecule has 1 aromatic carbocycles. The zero-order valence-electron chi connectivity index (χ0n) is 26.8.